The van der Waals surface area contributed by atoms with Gasteiger partial charge in [0.2, 0.25) is 5.78 Å². The SMILES string of the molecule is C[C@]12CC[C@@H]3C4=CC(=O)C(O)=CC4=CC[C@H]3[C@@H]1CC[C@@H]2O. The molecule has 0 amide bonds. The summed E-state index contributed by atoms with van der Waals surface area (Å²) in [6.45, 7) is 2.25. The van der Waals surface area contributed by atoms with Crippen LogP contribution in [0.5, 0.6) is 0 Å². The number of aliphatic hydroxyl groups is 2. The zero-order valence-electron chi connectivity index (χ0n) is 12.4. The Morgan fingerprint density at radius 2 is 2.05 bits per heavy atom. The highest BCUT2D eigenvalue weighted by Gasteiger charge is 2.54. The lowest BCUT2D eigenvalue weighted by atomic mass is 9.55. The van der Waals surface area contributed by atoms with Crippen molar-refractivity contribution in [2.75, 3.05) is 0 Å². The number of carbonyl (C=O) groups excluding carboxylic acids is 1. The van der Waals surface area contributed by atoms with Gasteiger partial charge < -0.3 is 10.2 Å². The average molecular weight is 286 g/mol. The molecule has 0 unspecified atom stereocenters. The van der Waals surface area contributed by atoms with Gasteiger partial charge in [0.15, 0.2) is 5.76 Å². The topological polar surface area (TPSA) is 57.5 Å². The molecule has 21 heavy (non-hydrogen) atoms. The van der Waals surface area contributed by atoms with Crippen LogP contribution >= 0.6 is 0 Å². The summed E-state index contributed by atoms with van der Waals surface area (Å²) in [4.78, 5) is 11.8. The molecule has 112 valence electrons. The maximum absolute atomic E-state index is 11.8. The predicted octanol–water partition coefficient (Wildman–Crippen LogP) is 3.07. The van der Waals surface area contributed by atoms with Crippen molar-refractivity contribution in [2.45, 2.75) is 45.1 Å². The minimum atomic E-state index is -0.261. The minimum Gasteiger partial charge on any atom is -0.504 e. The molecule has 0 saturated heterocycles. The number of fused-ring (bicyclic) bond motifs is 5. The number of ketones is 1. The van der Waals surface area contributed by atoms with Gasteiger partial charge in [-0.2, -0.15) is 0 Å². The summed E-state index contributed by atoms with van der Waals surface area (Å²) in [5.74, 6) is 1.11. The molecule has 0 aliphatic heterocycles. The van der Waals surface area contributed by atoms with Crippen LogP contribution in [-0.4, -0.2) is 22.1 Å². The van der Waals surface area contributed by atoms with Gasteiger partial charge in [0.25, 0.3) is 0 Å². The highest BCUT2D eigenvalue weighted by Crippen LogP contribution is 2.60. The van der Waals surface area contributed by atoms with Crippen molar-refractivity contribution in [1.29, 1.82) is 0 Å². The Morgan fingerprint density at radius 3 is 2.86 bits per heavy atom. The van der Waals surface area contributed by atoms with Crippen molar-refractivity contribution in [3.63, 3.8) is 0 Å². The molecule has 0 bridgehead atoms. The number of carbonyl (C=O) groups is 1. The summed E-state index contributed by atoms with van der Waals surface area (Å²) in [6.07, 6.45) is 10.4. The first-order valence-corrected chi connectivity index (χ1v) is 8.06. The molecular weight excluding hydrogens is 264 g/mol. The van der Waals surface area contributed by atoms with Gasteiger partial charge in [-0.15, -0.1) is 0 Å². The van der Waals surface area contributed by atoms with Crippen LogP contribution in [0.2, 0.25) is 0 Å². The van der Waals surface area contributed by atoms with E-state index >= 15 is 0 Å². The van der Waals surface area contributed by atoms with Crippen molar-refractivity contribution in [3.05, 3.63) is 35.1 Å². The zero-order valence-corrected chi connectivity index (χ0v) is 12.4. The Hall–Kier alpha value is -1.35. The van der Waals surface area contributed by atoms with Crippen LogP contribution < -0.4 is 0 Å². The molecule has 3 heteroatoms. The molecule has 4 rings (SSSR count). The van der Waals surface area contributed by atoms with E-state index in [1.54, 1.807) is 12.2 Å². The maximum atomic E-state index is 11.8. The lowest BCUT2D eigenvalue weighted by molar-refractivity contribution is -0.113. The highest BCUT2D eigenvalue weighted by molar-refractivity contribution is 6.05. The molecule has 0 radical (unpaired) electrons. The Balaban J connectivity index is 1.72. The second kappa shape index (κ2) is 4.33. The van der Waals surface area contributed by atoms with Crippen molar-refractivity contribution in [3.8, 4) is 0 Å². The normalized spacial score (nSPS) is 45.0. The van der Waals surface area contributed by atoms with E-state index in [0.29, 0.717) is 17.8 Å². The smallest absolute Gasteiger partial charge is 0.220 e. The summed E-state index contributed by atoms with van der Waals surface area (Å²) >= 11 is 0. The number of rotatable bonds is 0. The number of hydrogen-bond donors (Lipinski definition) is 2. The Labute approximate surface area is 125 Å². The Morgan fingerprint density at radius 1 is 1.24 bits per heavy atom. The van der Waals surface area contributed by atoms with E-state index < -0.39 is 0 Å². The van der Waals surface area contributed by atoms with Crippen LogP contribution in [0.3, 0.4) is 0 Å². The molecule has 3 nitrogen and oxygen atoms in total. The maximum Gasteiger partial charge on any atom is 0.220 e. The van der Waals surface area contributed by atoms with Crippen molar-refractivity contribution < 1.29 is 15.0 Å². The van der Waals surface area contributed by atoms with Crippen LogP contribution in [0.15, 0.2) is 35.1 Å². The molecule has 0 aromatic rings. The van der Waals surface area contributed by atoms with Crippen LogP contribution in [0, 0.1) is 23.2 Å². The fourth-order valence-corrected chi connectivity index (χ4v) is 5.34. The Bertz CT molecular complexity index is 598. The van der Waals surface area contributed by atoms with Crippen molar-refractivity contribution in [2.24, 2.45) is 23.2 Å². The molecule has 5 atom stereocenters. The average Bonchev–Trinajstić information content (AvgIpc) is 2.76. The van der Waals surface area contributed by atoms with E-state index in [4.69, 9.17) is 0 Å². The summed E-state index contributed by atoms with van der Waals surface area (Å²) in [6, 6.07) is 0. The van der Waals surface area contributed by atoms with E-state index in [2.05, 4.69) is 13.0 Å². The summed E-state index contributed by atoms with van der Waals surface area (Å²) in [7, 11) is 0. The molecule has 0 aromatic carbocycles. The second-order valence-corrected chi connectivity index (χ2v) is 7.40. The number of allylic oxidation sites excluding steroid dienone is 5. The van der Waals surface area contributed by atoms with E-state index in [1.165, 1.54) is 0 Å². The lowest BCUT2D eigenvalue weighted by Crippen LogP contribution is -2.44. The van der Waals surface area contributed by atoms with E-state index in [0.717, 1.165) is 43.3 Å². The van der Waals surface area contributed by atoms with Gasteiger partial charge in [0, 0.05) is 0 Å². The molecule has 4 aliphatic carbocycles. The monoisotopic (exact) mass is 286 g/mol. The molecule has 2 N–H and O–H groups in total. The summed E-state index contributed by atoms with van der Waals surface area (Å²) in [5, 5.41) is 20.0. The van der Waals surface area contributed by atoms with Crippen molar-refractivity contribution in [1.82, 2.24) is 0 Å². The van der Waals surface area contributed by atoms with Gasteiger partial charge >= 0.3 is 0 Å². The molecule has 0 aromatic heterocycles. The fraction of sp³-hybridized carbons (Fsp3) is 0.611. The third-order valence-corrected chi connectivity index (χ3v) is 6.56. The quantitative estimate of drug-likeness (QED) is 0.719. The second-order valence-electron chi connectivity index (χ2n) is 7.40. The first-order valence-electron chi connectivity index (χ1n) is 8.06. The van der Waals surface area contributed by atoms with Crippen LogP contribution in [0.25, 0.3) is 0 Å². The molecule has 4 aliphatic rings. The molecular formula is C18H22O3. The molecule has 2 saturated carbocycles. The minimum absolute atomic E-state index is 0.0592. The van der Waals surface area contributed by atoms with E-state index in [9.17, 15) is 15.0 Å². The van der Waals surface area contributed by atoms with Gasteiger partial charge in [-0.05, 0) is 78.6 Å². The summed E-state index contributed by atoms with van der Waals surface area (Å²) < 4.78 is 0. The Kier molecular flexibility index (Phi) is 2.74. The molecule has 0 heterocycles. The third kappa shape index (κ3) is 1.73. The van der Waals surface area contributed by atoms with Gasteiger partial charge in [0.1, 0.15) is 0 Å². The van der Waals surface area contributed by atoms with Gasteiger partial charge in [-0.1, -0.05) is 13.0 Å². The lowest BCUT2D eigenvalue weighted by Gasteiger charge is -2.50. The van der Waals surface area contributed by atoms with Crippen LogP contribution in [0.4, 0.5) is 0 Å². The van der Waals surface area contributed by atoms with E-state index in [1.807, 2.05) is 0 Å². The molecule has 0 spiro atoms. The fourth-order valence-electron chi connectivity index (χ4n) is 5.34. The van der Waals surface area contributed by atoms with Gasteiger partial charge in [0.05, 0.1) is 6.10 Å². The first-order chi connectivity index (χ1) is 10.0. The zero-order chi connectivity index (χ0) is 14.8. The third-order valence-electron chi connectivity index (χ3n) is 6.56. The van der Waals surface area contributed by atoms with Crippen LogP contribution in [0.1, 0.15) is 39.0 Å². The summed E-state index contributed by atoms with van der Waals surface area (Å²) in [5.41, 5.74) is 2.22. The first kappa shape index (κ1) is 13.3. The number of aliphatic hydroxyl groups excluding tert-OH is 2. The standard InChI is InChI=1S/C18H22O3/c1-18-7-6-11-12(14(18)4-5-17(18)21)3-2-10-8-15(19)16(20)9-13(10)11/h2,8-9,11-12,14,17,19,21H,3-7H2,1H3/t11-,12+,14-,17-,18-/m0/s1. The highest BCUT2D eigenvalue weighted by atomic mass is 16.3. The predicted molar refractivity (Wildman–Crippen MR) is 79.6 cm³/mol. The van der Waals surface area contributed by atoms with Gasteiger partial charge in [-0.25, -0.2) is 0 Å². The van der Waals surface area contributed by atoms with Gasteiger partial charge in [-0.3, -0.25) is 4.79 Å². The van der Waals surface area contributed by atoms with Crippen molar-refractivity contribution >= 4 is 5.78 Å². The van der Waals surface area contributed by atoms with Crippen LogP contribution in [-0.2, 0) is 4.79 Å². The largest absolute Gasteiger partial charge is 0.504 e. The number of hydrogen-bond acceptors (Lipinski definition) is 3. The van der Waals surface area contributed by atoms with E-state index in [-0.39, 0.29) is 23.1 Å². The molecule has 2 fully saturated rings.